The van der Waals surface area contributed by atoms with E-state index in [0.717, 1.165) is 77.0 Å². The molecule has 0 spiro atoms. The quantitative estimate of drug-likeness (QED) is 0.0652. The van der Waals surface area contributed by atoms with E-state index >= 15 is 0 Å². The molecule has 0 aliphatic heterocycles. The van der Waals surface area contributed by atoms with Crippen molar-refractivity contribution in [1.82, 2.24) is 0 Å². The van der Waals surface area contributed by atoms with E-state index in [1.54, 1.807) is 0 Å². The molecule has 0 saturated heterocycles. The molecule has 0 amide bonds. The van der Waals surface area contributed by atoms with Crippen LogP contribution < -0.4 is 0 Å². The van der Waals surface area contributed by atoms with E-state index in [4.69, 9.17) is 0 Å². The summed E-state index contributed by atoms with van der Waals surface area (Å²) in [6.45, 7) is 8.24. The summed E-state index contributed by atoms with van der Waals surface area (Å²) in [7, 11) is -15.7. The lowest BCUT2D eigenvalue weighted by Crippen LogP contribution is -2.49. The SMILES string of the molecule is CCCCCCCS(=O)(=O)CC(CS(=O)(=O)CCCCCCC)(CS(=O)(=O)CCCCCCC)CS(=O)(=O)CCCCCCC. The zero-order chi connectivity index (χ0) is 34.3. The maximum atomic E-state index is 13.5. The van der Waals surface area contributed by atoms with Gasteiger partial charge in [-0.05, 0) is 25.7 Å². The Morgan fingerprint density at radius 1 is 0.289 bits per heavy atom. The third-order valence-electron chi connectivity index (χ3n) is 8.34. The Morgan fingerprint density at radius 3 is 0.644 bits per heavy atom. The topological polar surface area (TPSA) is 137 Å². The van der Waals surface area contributed by atoms with Gasteiger partial charge in [-0.1, -0.05) is 130 Å². The van der Waals surface area contributed by atoms with E-state index in [1.807, 2.05) is 0 Å². The minimum atomic E-state index is -3.93. The van der Waals surface area contributed by atoms with Gasteiger partial charge >= 0.3 is 0 Å². The molecule has 0 saturated carbocycles. The van der Waals surface area contributed by atoms with E-state index in [1.165, 1.54) is 0 Å². The minimum absolute atomic E-state index is 0.205. The first-order valence-corrected chi connectivity index (χ1v) is 25.2. The molecule has 45 heavy (non-hydrogen) atoms. The van der Waals surface area contributed by atoms with Crippen molar-refractivity contribution in [2.24, 2.45) is 5.41 Å². The largest absolute Gasteiger partial charge is 0.229 e. The van der Waals surface area contributed by atoms with Crippen molar-refractivity contribution in [2.45, 2.75) is 156 Å². The Balaban J connectivity index is 6.42. The summed E-state index contributed by atoms with van der Waals surface area (Å²) < 4.78 is 108. The Morgan fingerprint density at radius 2 is 0.467 bits per heavy atom. The molecule has 0 aliphatic rings. The van der Waals surface area contributed by atoms with Gasteiger partial charge in [-0.15, -0.1) is 0 Å². The molecule has 0 aromatic rings. The summed E-state index contributed by atoms with van der Waals surface area (Å²) in [5, 5.41) is 0. The predicted octanol–water partition coefficient (Wildman–Crippen LogP) is 7.51. The van der Waals surface area contributed by atoms with Crippen LogP contribution in [0.15, 0.2) is 0 Å². The summed E-state index contributed by atoms with van der Waals surface area (Å²) in [6, 6.07) is 0. The van der Waals surface area contributed by atoms with Gasteiger partial charge in [0.25, 0.3) is 0 Å². The molecule has 0 rings (SSSR count). The van der Waals surface area contributed by atoms with Crippen molar-refractivity contribution in [2.75, 3.05) is 46.0 Å². The Labute approximate surface area is 279 Å². The molecule has 0 fully saturated rings. The van der Waals surface area contributed by atoms with Crippen molar-refractivity contribution in [3.63, 3.8) is 0 Å². The van der Waals surface area contributed by atoms with Crippen molar-refractivity contribution in [1.29, 1.82) is 0 Å². The van der Waals surface area contributed by atoms with E-state index in [2.05, 4.69) is 27.7 Å². The van der Waals surface area contributed by atoms with Gasteiger partial charge in [-0.2, -0.15) is 0 Å². The number of unbranched alkanes of at least 4 members (excludes halogenated alkanes) is 16. The highest BCUT2D eigenvalue weighted by Gasteiger charge is 2.45. The van der Waals surface area contributed by atoms with Crippen LogP contribution in [-0.2, 0) is 39.3 Å². The van der Waals surface area contributed by atoms with Gasteiger partial charge in [-0.25, -0.2) is 33.7 Å². The average Bonchev–Trinajstić information content (AvgIpc) is 2.91. The van der Waals surface area contributed by atoms with Crippen LogP contribution in [0.3, 0.4) is 0 Å². The molecule has 8 nitrogen and oxygen atoms in total. The van der Waals surface area contributed by atoms with Crippen LogP contribution in [0.5, 0.6) is 0 Å². The lowest BCUT2D eigenvalue weighted by Gasteiger charge is -2.33. The zero-order valence-electron chi connectivity index (χ0n) is 29.2. The standard InChI is InChI=1S/C33H68O8S4/c1-5-9-13-17-21-25-42(34,35)29-33(30-43(36,37)26-22-18-14-10-6-2,31-44(38,39)27-23-19-15-11-7-3)32-45(40,41)28-24-20-16-12-8-4/h5-32H2,1-4H3. The van der Waals surface area contributed by atoms with Crippen LogP contribution >= 0.6 is 0 Å². The first-order valence-electron chi connectivity index (χ1n) is 17.9. The highest BCUT2D eigenvalue weighted by Crippen LogP contribution is 2.30. The second kappa shape index (κ2) is 24.0. The lowest BCUT2D eigenvalue weighted by atomic mass is 9.99. The molecular weight excluding hydrogens is 653 g/mol. The number of hydrogen-bond donors (Lipinski definition) is 0. The van der Waals surface area contributed by atoms with Gasteiger partial charge in [0.2, 0.25) is 0 Å². The third kappa shape index (κ3) is 24.6. The summed E-state index contributed by atoms with van der Waals surface area (Å²) in [5.41, 5.74) is -1.94. The second-order valence-corrected chi connectivity index (χ2v) is 22.3. The number of sulfone groups is 4. The maximum Gasteiger partial charge on any atom is 0.150 e. The van der Waals surface area contributed by atoms with Crippen molar-refractivity contribution < 1.29 is 33.7 Å². The molecule has 272 valence electrons. The van der Waals surface area contributed by atoms with Crippen LogP contribution in [0, 0.1) is 5.41 Å². The van der Waals surface area contributed by atoms with Gasteiger partial charge in [0.1, 0.15) is 0 Å². The van der Waals surface area contributed by atoms with Crippen LogP contribution in [0.1, 0.15) is 156 Å². The molecule has 0 radical (unpaired) electrons. The molecule has 0 aromatic carbocycles. The number of rotatable bonds is 32. The highest BCUT2D eigenvalue weighted by atomic mass is 32.2. The zero-order valence-corrected chi connectivity index (χ0v) is 32.5. The van der Waals surface area contributed by atoms with Crippen molar-refractivity contribution in [3.05, 3.63) is 0 Å². The lowest BCUT2D eigenvalue weighted by molar-refractivity contribution is 0.446. The Bertz CT molecular complexity index is 985. The van der Waals surface area contributed by atoms with Gasteiger partial charge < -0.3 is 0 Å². The second-order valence-electron chi connectivity index (χ2n) is 13.5. The van der Waals surface area contributed by atoms with Gasteiger partial charge in [0.15, 0.2) is 39.3 Å². The Kier molecular flexibility index (Phi) is 23.9. The predicted molar refractivity (Wildman–Crippen MR) is 192 cm³/mol. The molecular formula is C33H68O8S4. The molecule has 0 unspecified atom stereocenters. The highest BCUT2D eigenvalue weighted by molar-refractivity contribution is 7.94. The summed E-state index contributed by atoms with van der Waals surface area (Å²) in [4.78, 5) is 0. The van der Waals surface area contributed by atoms with Crippen LogP contribution in [-0.4, -0.2) is 79.7 Å². The summed E-state index contributed by atoms with van der Waals surface area (Å²) in [6.07, 6.45) is 15.8. The first kappa shape index (κ1) is 44.8. The maximum absolute atomic E-state index is 13.5. The average molecular weight is 721 g/mol. The Hall–Kier alpha value is -0.200. The fourth-order valence-corrected chi connectivity index (χ4v) is 15.0. The van der Waals surface area contributed by atoms with Crippen molar-refractivity contribution in [3.8, 4) is 0 Å². The molecule has 12 heteroatoms. The molecule has 0 bridgehead atoms. The molecule has 0 aliphatic carbocycles. The fourth-order valence-electron chi connectivity index (χ4n) is 6.11. The molecule has 0 N–H and O–H groups in total. The van der Waals surface area contributed by atoms with E-state index < -0.39 is 67.8 Å². The molecule has 0 heterocycles. The minimum Gasteiger partial charge on any atom is -0.229 e. The first-order chi connectivity index (χ1) is 21.1. The fraction of sp³-hybridized carbons (Fsp3) is 1.00. The van der Waals surface area contributed by atoms with Crippen LogP contribution in [0.2, 0.25) is 0 Å². The van der Waals surface area contributed by atoms with Gasteiger partial charge in [-0.3, -0.25) is 0 Å². The van der Waals surface area contributed by atoms with Crippen LogP contribution in [0.4, 0.5) is 0 Å². The van der Waals surface area contributed by atoms with Crippen LogP contribution in [0.25, 0.3) is 0 Å². The summed E-state index contributed by atoms with van der Waals surface area (Å²) in [5.74, 6) is -3.79. The molecule has 0 atom stereocenters. The van der Waals surface area contributed by atoms with E-state index in [-0.39, 0.29) is 23.0 Å². The summed E-state index contributed by atoms with van der Waals surface area (Å²) >= 11 is 0. The number of hydrogen-bond acceptors (Lipinski definition) is 8. The normalized spacial score (nSPS) is 13.4. The third-order valence-corrected chi connectivity index (χ3v) is 16.2. The molecule has 0 aromatic heterocycles. The smallest absolute Gasteiger partial charge is 0.150 e. The van der Waals surface area contributed by atoms with Crippen molar-refractivity contribution >= 4 is 39.3 Å². The van der Waals surface area contributed by atoms with Gasteiger partial charge in [0.05, 0.1) is 46.0 Å². The monoisotopic (exact) mass is 720 g/mol. The van der Waals surface area contributed by atoms with E-state index in [9.17, 15) is 33.7 Å². The van der Waals surface area contributed by atoms with Gasteiger partial charge in [0, 0.05) is 5.41 Å². The van der Waals surface area contributed by atoms with E-state index in [0.29, 0.717) is 51.4 Å².